The molecule has 306 valence electrons. The summed E-state index contributed by atoms with van der Waals surface area (Å²) >= 11 is 0. The van der Waals surface area contributed by atoms with Gasteiger partial charge in [0.2, 0.25) is 0 Å². The minimum absolute atomic E-state index is 0.158. The van der Waals surface area contributed by atoms with E-state index in [1.54, 1.807) is 0 Å². The highest BCUT2D eigenvalue weighted by Crippen LogP contribution is 2.24. The normalized spacial score (nSPS) is 21.4. The van der Waals surface area contributed by atoms with Gasteiger partial charge in [-0.15, -0.1) is 0 Å². The lowest BCUT2D eigenvalue weighted by atomic mass is 10.00. The number of allylic oxidation sites excluding steroid dienone is 2. The van der Waals surface area contributed by atoms with Crippen LogP contribution in [0.4, 0.5) is 0 Å². The molecule has 1 saturated heterocycles. The maximum absolute atomic E-state index is 12.7. The van der Waals surface area contributed by atoms with Gasteiger partial charge in [-0.25, -0.2) is 0 Å². The van der Waals surface area contributed by atoms with Gasteiger partial charge in [-0.1, -0.05) is 129 Å². The molecule has 6 unspecified atom stereocenters. The van der Waals surface area contributed by atoms with E-state index in [9.17, 15) is 37.9 Å². The Morgan fingerprint density at radius 3 is 1.60 bits per heavy atom. The molecule has 1 rings (SSSR count). The van der Waals surface area contributed by atoms with E-state index < -0.39 is 71.2 Å². The van der Waals surface area contributed by atoms with Crippen molar-refractivity contribution in [2.75, 3.05) is 19.0 Å². The zero-order valence-electron chi connectivity index (χ0n) is 32.2. The topological polar surface area (TPSA) is 186 Å². The standard InChI is InChI=1S/C39H72O12S/c1-3-5-7-9-11-13-15-16-17-18-20-22-24-26-28-35(41)50-32(29-48-34(40)27-25-23-21-19-14-12-10-8-6-4-2)30-49-39-38(44)37(43)36(42)33(51-39)31-52(45,46)47/h15-16,32-33,36-39,42-44H,3-14,17-31H2,1-2H3,(H,45,46,47)/b16-15-. The molecule has 1 aliphatic heterocycles. The summed E-state index contributed by atoms with van der Waals surface area (Å²) in [7, 11) is -4.59. The number of rotatable bonds is 33. The number of aliphatic hydroxyl groups is 3. The molecule has 12 nitrogen and oxygen atoms in total. The summed E-state index contributed by atoms with van der Waals surface area (Å²) in [6.45, 7) is 3.71. The first kappa shape index (κ1) is 48.4. The highest BCUT2D eigenvalue weighted by molar-refractivity contribution is 7.85. The molecule has 0 saturated carbocycles. The van der Waals surface area contributed by atoms with E-state index in [1.165, 1.54) is 70.6 Å². The molecule has 1 aliphatic rings. The minimum Gasteiger partial charge on any atom is -0.462 e. The van der Waals surface area contributed by atoms with E-state index in [1.807, 2.05) is 0 Å². The van der Waals surface area contributed by atoms with Gasteiger partial charge in [-0.3, -0.25) is 14.1 Å². The summed E-state index contributed by atoms with van der Waals surface area (Å²) in [5.41, 5.74) is 0. The van der Waals surface area contributed by atoms with Crippen LogP contribution in [0.1, 0.15) is 168 Å². The quantitative estimate of drug-likeness (QED) is 0.0230. The van der Waals surface area contributed by atoms with E-state index >= 15 is 0 Å². The number of ether oxygens (including phenoxy) is 4. The van der Waals surface area contributed by atoms with Crippen molar-refractivity contribution in [3.05, 3.63) is 12.2 Å². The molecule has 0 bridgehead atoms. The predicted octanol–water partition coefficient (Wildman–Crippen LogP) is 7.11. The highest BCUT2D eigenvalue weighted by Gasteiger charge is 2.46. The molecule has 0 radical (unpaired) electrons. The van der Waals surface area contributed by atoms with Gasteiger partial charge >= 0.3 is 11.9 Å². The van der Waals surface area contributed by atoms with Crippen LogP contribution in [0.5, 0.6) is 0 Å². The van der Waals surface area contributed by atoms with E-state index in [-0.39, 0.29) is 19.4 Å². The fraction of sp³-hybridized carbons (Fsp3) is 0.897. The minimum atomic E-state index is -4.59. The Bertz CT molecular complexity index is 1040. The summed E-state index contributed by atoms with van der Waals surface area (Å²) in [4.78, 5) is 25.2. The molecular formula is C39H72O12S. The fourth-order valence-electron chi connectivity index (χ4n) is 6.14. The number of hydrogen-bond acceptors (Lipinski definition) is 11. The predicted molar refractivity (Wildman–Crippen MR) is 201 cm³/mol. The zero-order chi connectivity index (χ0) is 38.5. The lowest BCUT2D eigenvalue weighted by Crippen LogP contribution is -2.60. The zero-order valence-corrected chi connectivity index (χ0v) is 33.0. The number of unbranched alkanes of at least 4 members (excludes halogenated alkanes) is 19. The summed E-state index contributed by atoms with van der Waals surface area (Å²) in [5.74, 6) is -1.99. The van der Waals surface area contributed by atoms with Crippen molar-refractivity contribution in [2.45, 2.75) is 205 Å². The Morgan fingerprint density at radius 1 is 0.635 bits per heavy atom. The van der Waals surface area contributed by atoms with Gasteiger partial charge in [-0.05, 0) is 38.5 Å². The van der Waals surface area contributed by atoms with Gasteiger partial charge in [0.05, 0.1) is 6.61 Å². The van der Waals surface area contributed by atoms with Gasteiger partial charge in [0.1, 0.15) is 36.8 Å². The first-order chi connectivity index (χ1) is 25.0. The third-order valence-corrected chi connectivity index (χ3v) is 10.1. The first-order valence-electron chi connectivity index (χ1n) is 20.2. The van der Waals surface area contributed by atoms with Crippen LogP contribution in [0.15, 0.2) is 12.2 Å². The molecular weight excluding hydrogens is 692 g/mol. The third-order valence-electron chi connectivity index (χ3n) is 9.35. The lowest BCUT2D eigenvalue weighted by Gasteiger charge is -2.40. The molecule has 0 aromatic carbocycles. The third kappa shape index (κ3) is 25.4. The molecule has 52 heavy (non-hydrogen) atoms. The van der Waals surface area contributed by atoms with Crippen molar-refractivity contribution in [3.8, 4) is 0 Å². The SMILES string of the molecule is CCCCCCC/C=C\CCCCCCCC(=O)OC(COC(=O)CCCCCCCCCCCC)COC1OC(CS(=O)(=O)O)C(O)C(O)C1O. The van der Waals surface area contributed by atoms with Gasteiger partial charge in [0.25, 0.3) is 10.1 Å². The van der Waals surface area contributed by atoms with Gasteiger partial charge in [0.15, 0.2) is 12.4 Å². The molecule has 4 N–H and O–H groups in total. The van der Waals surface area contributed by atoms with Crippen LogP contribution < -0.4 is 0 Å². The maximum atomic E-state index is 12.7. The Labute approximate surface area is 314 Å². The van der Waals surface area contributed by atoms with Gasteiger partial charge < -0.3 is 34.3 Å². The molecule has 0 spiro atoms. The summed E-state index contributed by atoms with van der Waals surface area (Å²) in [5, 5.41) is 30.7. The van der Waals surface area contributed by atoms with E-state index in [4.69, 9.17) is 18.9 Å². The summed E-state index contributed by atoms with van der Waals surface area (Å²) in [6, 6.07) is 0. The highest BCUT2D eigenvalue weighted by atomic mass is 32.2. The van der Waals surface area contributed by atoms with Crippen molar-refractivity contribution in [1.82, 2.24) is 0 Å². The van der Waals surface area contributed by atoms with Crippen molar-refractivity contribution in [1.29, 1.82) is 0 Å². The van der Waals surface area contributed by atoms with Crippen LogP contribution in [0, 0.1) is 0 Å². The Balaban J connectivity index is 2.51. The monoisotopic (exact) mass is 764 g/mol. The maximum Gasteiger partial charge on any atom is 0.306 e. The smallest absolute Gasteiger partial charge is 0.306 e. The van der Waals surface area contributed by atoms with Crippen LogP contribution in [0.3, 0.4) is 0 Å². The van der Waals surface area contributed by atoms with Crippen LogP contribution in [-0.2, 0) is 38.7 Å². The fourth-order valence-corrected chi connectivity index (χ4v) is 6.83. The molecule has 1 heterocycles. The summed E-state index contributed by atoms with van der Waals surface area (Å²) in [6.07, 6.45) is 19.9. The number of esters is 2. The van der Waals surface area contributed by atoms with Crippen molar-refractivity contribution >= 4 is 22.1 Å². The molecule has 1 fully saturated rings. The van der Waals surface area contributed by atoms with Crippen LogP contribution in [-0.4, -0.2) is 96.0 Å². The van der Waals surface area contributed by atoms with Crippen LogP contribution in [0.25, 0.3) is 0 Å². The van der Waals surface area contributed by atoms with E-state index in [2.05, 4.69) is 26.0 Å². The van der Waals surface area contributed by atoms with Crippen LogP contribution >= 0.6 is 0 Å². The van der Waals surface area contributed by atoms with E-state index in [0.717, 1.165) is 57.8 Å². The molecule has 13 heteroatoms. The molecule has 0 amide bonds. The summed E-state index contributed by atoms with van der Waals surface area (Å²) < 4.78 is 53.8. The van der Waals surface area contributed by atoms with Crippen LogP contribution in [0.2, 0.25) is 0 Å². The Hall–Kier alpha value is -1.61. The second-order valence-electron chi connectivity index (χ2n) is 14.3. The Kier molecular flexibility index (Phi) is 28.6. The van der Waals surface area contributed by atoms with Gasteiger partial charge in [-0.2, -0.15) is 8.42 Å². The largest absolute Gasteiger partial charge is 0.462 e. The van der Waals surface area contributed by atoms with Crippen molar-refractivity contribution in [2.24, 2.45) is 0 Å². The molecule has 0 aromatic heterocycles. The molecule has 0 aliphatic carbocycles. The Morgan fingerprint density at radius 2 is 1.10 bits per heavy atom. The van der Waals surface area contributed by atoms with E-state index in [0.29, 0.717) is 12.8 Å². The average Bonchev–Trinajstić information content (AvgIpc) is 3.10. The second kappa shape index (κ2) is 30.7. The first-order valence-corrected chi connectivity index (χ1v) is 21.9. The second-order valence-corrected chi connectivity index (χ2v) is 15.8. The number of carbonyl (C=O) groups is 2. The van der Waals surface area contributed by atoms with Gasteiger partial charge in [0, 0.05) is 12.8 Å². The van der Waals surface area contributed by atoms with Crippen molar-refractivity contribution in [3.63, 3.8) is 0 Å². The molecule has 0 aromatic rings. The average molecular weight is 765 g/mol. The number of carbonyl (C=O) groups excluding carboxylic acids is 2. The lowest BCUT2D eigenvalue weighted by molar-refractivity contribution is -0.297. The molecule has 6 atom stereocenters. The number of hydrogen-bond donors (Lipinski definition) is 4. The number of aliphatic hydroxyl groups excluding tert-OH is 3. The van der Waals surface area contributed by atoms with Crippen molar-refractivity contribution < 1.29 is 56.8 Å².